The molecule has 0 radical (unpaired) electrons. The van der Waals surface area contributed by atoms with Crippen molar-refractivity contribution < 1.29 is 56.8 Å². The van der Waals surface area contributed by atoms with Gasteiger partial charge in [0.2, 0.25) is 0 Å². The van der Waals surface area contributed by atoms with Gasteiger partial charge in [-0.05, 0) is 0 Å². The first-order valence-corrected chi connectivity index (χ1v) is 1.70. The second-order valence-electron chi connectivity index (χ2n) is 0.591. The van der Waals surface area contributed by atoms with Crippen LogP contribution in [0.25, 0.3) is 0 Å². The molecule has 0 aliphatic heterocycles. The van der Waals surface area contributed by atoms with Gasteiger partial charge in [-0.3, -0.25) is 16.9 Å². The molecule has 0 aromatic carbocycles. The number of nitrogens with zero attached hydrogens (tertiary/aromatic N) is 1. The Morgan fingerprint density at radius 1 is 1.56 bits per heavy atom. The van der Waals surface area contributed by atoms with E-state index >= 15 is 0 Å². The molecule has 0 rings (SSSR count). The van der Waals surface area contributed by atoms with E-state index in [1.54, 1.807) is 0 Å². The average Bonchev–Trinajstić information content (AvgIpc) is 1.33. The summed E-state index contributed by atoms with van der Waals surface area (Å²) in [6.07, 6.45) is 0. The topological polar surface area (TPSA) is 101 Å². The molecule has 0 amide bonds. The molecule has 48 valence electrons. The maximum absolute atomic E-state index is 7.13. The van der Waals surface area contributed by atoms with Crippen molar-refractivity contribution in [2.45, 2.75) is 0 Å². The Bertz CT molecular complexity index is 87.1. The van der Waals surface area contributed by atoms with Gasteiger partial charge < -0.3 is 12.6 Å². The average molecular weight is 194 g/mol. The minimum atomic E-state index is -0.0833. The molecule has 0 heterocycles. The minimum absolute atomic E-state index is 0. The Labute approximate surface area is 108 Å². The Balaban J connectivity index is -0.0000000233. The summed E-state index contributed by atoms with van der Waals surface area (Å²) in [5.74, 6) is -0.0833. The van der Waals surface area contributed by atoms with E-state index < -0.39 is 0 Å². The summed E-state index contributed by atoms with van der Waals surface area (Å²) in [4.78, 5) is 0. The molecular formula is C2H7ClKN4S+. The van der Waals surface area contributed by atoms with Crippen molar-refractivity contribution in [2.24, 2.45) is 11.5 Å². The zero-order chi connectivity index (χ0) is 6.28. The monoisotopic (exact) mass is 193 g/mol. The summed E-state index contributed by atoms with van der Waals surface area (Å²) < 4.78 is 0. The number of rotatable bonds is 0. The van der Waals surface area contributed by atoms with Crippen LogP contribution < -0.4 is 68.3 Å². The number of nitrogens with two attached hydrogens (primary N) is 3. The molecule has 9 heavy (non-hydrogen) atoms. The normalized spacial score (nSPS) is 3.44. The molecule has 0 unspecified atom stereocenters. The third-order valence-corrected chi connectivity index (χ3v) is 0. The summed E-state index contributed by atoms with van der Waals surface area (Å²) in [5.41, 5.74) is 9.17. The molecule has 7 heteroatoms. The zero-order valence-corrected chi connectivity index (χ0v) is 9.75. The van der Waals surface area contributed by atoms with Gasteiger partial charge >= 0.3 is 57.3 Å². The molecule has 4 nitrogen and oxygen atoms in total. The van der Waals surface area contributed by atoms with Crippen LogP contribution in [0.15, 0.2) is 0 Å². The van der Waals surface area contributed by atoms with E-state index in [0.29, 0.717) is 0 Å². The smallest absolute Gasteiger partial charge is 0.696 e. The van der Waals surface area contributed by atoms with Crippen LogP contribution in [0.4, 0.5) is 0 Å². The van der Waals surface area contributed by atoms with Crippen LogP contribution in [0, 0.1) is 10.7 Å². The Morgan fingerprint density at radius 3 is 1.56 bits per heavy atom. The third-order valence-electron chi connectivity index (χ3n) is 0. The molecule has 0 saturated heterocycles. The van der Waals surface area contributed by atoms with Crippen molar-refractivity contribution in [1.82, 2.24) is 0 Å². The standard InChI is InChI=1S/CH5N3.CHNS.ClH.K/c2-1(3)4;2-1-3;;/h(H5,2,3,4);3H;1H;/q;;;+1. The van der Waals surface area contributed by atoms with Crippen molar-refractivity contribution in [2.75, 3.05) is 0 Å². The Hall–Kier alpha value is 0.906. The summed E-state index contributed by atoms with van der Waals surface area (Å²) in [6.45, 7) is 0. The van der Waals surface area contributed by atoms with E-state index in [1.165, 1.54) is 5.40 Å². The van der Waals surface area contributed by atoms with Gasteiger partial charge in [-0.1, -0.05) is 5.40 Å². The van der Waals surface area contributed by atoms with Gasteiger partial charge in [0.05, 0.1) is 0 Å². The number of hydrogen-bond donors (Lipinski definition) is 3. The molecule has 0 aromatic rings. The fourth-order valence-electron chi connectivity index (χ4n) is 0. The Kier molecular flexibility index (Phi) is 57.9. The van der Waals surface area contributed by atoms with E-state index in [9.17, 15) is 0 Å². The van der Waals surface area contributed by atoms with Gasteiger partial charge in [0.15, 0.2) is 0 Å². The van der Waals surface area contributed by atoms with Crippen molar-refractivity contribution in [3.63, 3.8) is 0 Å². The predicted octanol–water partition coefficient (Wildman–Crippen LogP) is -5.54. The fourth-order valence-corrected chi connectivity index (χ4v) is 0. The molecule has 0 fully saturated rings. The molecule has 0 aromatic heterocycles. The SMILES string of the molecule is Cl.N#C[S-].NC(N)=[NH2+].[K+]. The molecule has 0 aliphatic rings. The molecule has 0 aliphatic carbocycles. The van der Waals surface area contributed by atoms with Gasteiger partial charge in [0.1, 0.15) is 0 Å². The van der Waals surface area contributed by atoms with Gasteiger partial charge in [-0.15, -0.1) is 12.4 Å². The van der Waals surface area contributed by atoms with Crippen LogP contribution in [0.5, 0.6) is 0 Å². The van der Waals surface area contributed by atoms with Crippen molar-refractivity contribution in [1.29, 1.82) is 5.26 Å². The van der Waals surface area contributed by atoms with E-state index in [2.05, 4.69) is 29.5 Å². The number of guanidine groups is 1. The van der Waals surface area contributed by atoms with Crippen molar-refractivity contribution in [3.05, 3.63) is 0 Å². The third kappa shape index (κ3) is 517. The van der Waals surface area contributed by atoms with Crippen molar-refractivity contribution in [3.8, 4) is 5.40 Å². The van der Waals surface area contributed by atoms with Gasteiger partial charge in [-0.25, -0.2) is 5.26 Å². The van der Waals surface area contributed by atoms with E-state index in [1.807, 2.05) is 0 Å². The number of halogens is 1. The summed E-state index contributed by atoms with van der Waals surface area (Å²) >= 11 is 3.70. The molecular weight excluding hydrogens is 187 g/mol. The number of thiocyanates is 1. The second kappa shape index (κ2) is 23.1. The predicted molar refractivity (Wildman–Crippen MR) is 35.5 cm³/mol. The number of hydrogen-bond acceptors (Lipinski definition) is 2. The molecule has 6 N–H and O–H groups in total. The van der Waals surface area contributed by atoms with E-state index in [0.717, 1.165) is 0 Å². The molecule has 0 atom stereocenters. The van der Waals surface area contributed by atoms with Crippen LogP contribution in [0.3, 0.4) is 0 Å². The van der Waals surface area contributed by atoms with Gasteiger partial charge in [0, 0.05) is 0 Å². The number of nitriles is 1. The van der Waals surface area contributed by atoms with Crippen LogP contribution in [-0.2, 0) is 12.6 Å². The first-order valence-electron chi connectivity index (χ1n) is 1.29. The first-order chi connectivity index (χ1) is 3.15. The Morgan fingerprint density at radius 2 is 1.56 bits per heavy atom. The maximum Gasteiger partial charge on any atom is 1.00 e. The van der Waals surface area contributed by atoms with Gasteiger partial charge in [-0.2, -0.15) is 0 Å². The van der Waals surface area contributed by atoms with Crippen LogP contribution in [0.1, 0.15) is 0 Å². The first kappa shape index (κ1) is 22.5. The quantitative estimate of drug-likeness (QED) is 0.117. The van der Waals surface area contributed by atoms with Crippen LogP contribution >= 0.6 is 12.4 Å². The largest absolute Gasteiger partial charge is 1.00 e. The van der Waals surface area contributed by atoms with E-state index in [-0.39, 0.29) is 69.8 Å². The van der Waals surface area contributed by atoms with E-state index in [4.69, 9.17) is 5.26 Å². The molecule has 0 spiro atoms. The summed E-state index contributed by atoms with van der Waals surface area (Å²) in [5, 5.41) is 13.1. The van der Waals surface area contributed by atoms with Crippen LogP contribution in [0.2, 0.25) is 0 Å². The fraction of sp³-hybridized carbons (Fsp3) is 0. The van der Waals surface area contributed by atoms with Gasteiger partial charge in [0.25, 0.3) is 0 Å². The summed E-state index contributed by atoms with van der Waals surface area (Å²) in [6, 6.07) is 0. The molecule has 0 bridgehead atoms. The zero-order valence-electron chi connectivity index (χ0n) is 5.00. The molecule has 0 saturated carbocycles. The van der Waals surface area contributed by atoms with Crippen LogP contribution in [-0.4, -0.2) is 5.96 Å². The second-order valence-corrected chi connectivity index (χ2v) is 0.774. The minimum Gasteiger partial charge on any atom is -0.696 e. The maximum atomic E-state index is 7.13. The summed E-state index contributed by atoms with van der Waals surface area (Å²) in [7, 11) is 0. The van der Waals surface area contributed by atoms with Crippen molar-refractivity contribution >= 4 is 31.0 Å².